The lowest BCUT2D eigenvalue weighted by Crippen LogP contribution is -2.31. The van der Waals surface area contributed by atoms with Crippen LogP contribution in [0.25, 0.3) is 5.76 Å². The van der Waals surface area contributed by atoms with Crippen molar-refractivity contribution < 1.29 is 28.9 Å². The molecule has 1 N–H and O–H groups in total. The monoisotopic (exact) mass is 411 g/mol. The first-order valence-electron chi connectivity index (χ1n) is 9.57. The minimum absolute atomic E-state index is 0.0407. The van der Waals surface area contributed by atoms with Crippen LogP contribution in [-0.2, 0) is 14.3 Å². The topological polar surface area (TPSA) is 85.3 Å². The lowest BCUT2D eigenvalue weighted by molar-refractivity contribution is -0.140. The number of carbonyl (C=O) groups excluding carboxylic acids is 2. The van der Waals surface area contributed by atoms with Crippen molar-refractivity contribution in [1.29, 1.82) is 0 Å². The van der Waals surface area contributed by atoms with Crippen molar-refractivity contribution in [2.75, 3.05) is 34.5 Å². The van der Waals surface area contributed by atoms with E-state index in [-0.39, 0.29) is 11.3 Å². The van der Waals surface area contributed by atoms with Gasteiger partial charge in [-0.3, -0.25) is 9.59 Å². The van der Waals surface area contributed by atoms with E-state index in [9.17, 15) is 14.7 Å². The Bertz CT molecular complexity index is 968. The van der Waals surface area contributed by atoms with E-state index in [0.29, 0.717) is 42.2 Å². The first kappa shape index (κ1) is 21.4. The van der Waals surface area contributed by atoms with E-state index in [2.05, 4.69) is 0 Å². The maximum absolute atomic E-state index is 13.0. The number of rotatable bonds is 8. The van der Waals surface area contributed by atoms with E-state index >= 15 is 0 Å². The molecule has 0 aliphatic carbocycles. The average molecular weight is 411 g/mol. The first-order valence-corrected chi connectivity index (χ1v) is 9.57. The van der Waals surface area contributed by atoms with Crippen LogP contribution in [0.2, 0.25) is 0 Å². The number of carbonyl (C=O) groups is 2. The first-order chi connectivity index (χ1) is 14.5. The van der Waals surface area contributed by atoms with Gasteiger partial charge < -0.3 is 24.2 Å². The zero-order valence-corrected chi connectivity index (χ0v) is 17.3. The molecule has 0 spiro atoms. The van der Waals surface area contributed by atoms with Gasteiger partial charge in [0.2, 0.25) is 0 Å². The fourth-order valence-corrected chi connectivity index (χ4v) is 3.57. The molecule has 0 aromatic heterocycles. The van der Waals surface area contributed by atoms with E-state index in [4.69, 9.17) is 14.2 Å². The average Bonchev–Trinajstić information content (AvgIpc) is 3.03. The zero-order valence-electron chi connectivity index (χ0n) is 17.3. The lowest BCUT2D eigenvalue weighted by atomic mass is 9.95. The Labute approximate surface area is 175 Å². The van der Waals surface area contributed by atoms with E-state index in [1.807, 2.05) is 0 Å². The Morgan fingerprint density at radius 1 is 1.00 bits per heavy atom. The van der Waals surface area contributed by atoms with Crippen LogP contribution in [0.15, 0.2) is 54.1 Å². The van der Waals surface area contributed by atoms with Crippen LogP contribution < -0.4 is 9.47 Å². The largest absolute Gasteiger partial charge is 0.507 e. The summed E-state index contributed by atoms with van der Waals surface area (Å²) in [5.74, 6) is -0.485. The van der Waals surface area contributed by atoms with Gasteiger partial charge in [0.15, 0.2) is 0 Å². The van der Waals surface area contributed by atoms with Gasteiger partial charge in [0.25, 0.3) is 11.7 Å². The molecule has 1 fully saturated rings. The van der Waals surface area contributed by atoms with Gasteiger partial charge in [-0.1, -0.05) is 24.3 Å². The van der Waals surface area contributed by atoms with Crippen LogP contribution in [0.5, 0.6) is 11.5 Å². The second-order valence-electron chi connectivity index (χ2n) is 6.85. The van der Waals surface area contributed by atoms with Crippen LogP contribution in [-0.4, -0.2) is 56.2 Å². The summed E-state index contributed by atoms with van der Waals surface area (Å²) in [6, 6.07) is 13.1. The molecule has 2 aromatic carbocycles. The number of hydrogen-bond donors (Lipinski definition) is 1. The van der Waals surface area contributed by atoms with Crippen molar-refractivity contribution in [2.24, 2.45) is 0 Å². The Morgan fingerprint density at radius 3 is 2.33 bits per heavy atom. The maximum Gasteiger partial charge on any atom is 0.295 e. The van der Waals surface area contributed by atoms with Crippen LogP contribution in [0.4, 0.5) is 0 Å². The molecule has 1 saturated heterocycles. The second kappa shape index (κ2) is 9.45. The number of aliphatic hydroxyl groups excluding tert-OH is 1. The van der Waals surface area contributed by atoms with Crippen molar-refractivity contribution in [1.82, 2.24) is 4.90 Å². The normalized spacial score (nSPS) is 18.0. The molecule has 0 saturated carbocycles. The molecule has 158 valence electrons. The SMILES string of the molecule is COCCCN1C(=O)C(=O)/C(=C(\O)c2cccc(OC)c2)C1c1cccc(OC)c1. The summed E-state index contributed by atoms with van der Waals surface area (Å²) in [7, 11) is 4.64. The molecule has 1 unspecified atom stereocenters. The van der Waals surface area contributed by atoms with Gasteiger partial charge in [-0.25, -0.2) is 0 Å². The summed E-state index contributed by atoms with van der Waals surface area (Å²) < 4.78 is 15.6. The molecule has 7 nitrogen and oxygen atoms in total. The summed E-state index contributed by atoms with van der Waals surface area (Å²) in [6.07, 6.45) is 0.559. The van der Waals surface area contributed by atoms with E-state index in [1.165, 1.54) is 12.0 Å². The minimum Gasteiger partial charge on any atom is -0.507 e. The summed E-state index contributed by atoms with van der Waals surface area (Å²) >= 11 is 0. The number of ether oxygens (including phenoxy) is 3. The van der Waals surface area contributed by atoms with Crippen LogP contribution in [0, 0.1) is 0 Å². The molecule has 0 bridgehead atoms. The highest BCUT2D eigenvalue weighted by Gasteiger charge is 2.45. The Kier molecular flexibility index (Phi) is 6.74. The summed E-state index contributed by atoms with van der Waals surface area (Å²) in [4.78, 5) is 27.3. The lowest BCUT2D eigenvalue weighted by Gasteiger charge is -2.25. The third-order valence-corrected chi connectivity index (χ3v) is 5.04. The number of hydrogen-bond acceptors (Lipinski definition) is 6. The van der Waals surface area contributed by atoms with Crippen molar-refractivity contribution in [3.63, 3.8) is 0 Å². The molecule has 1 aliphatic heterocycles. The molecule has 1 aliphatic rings. The van der Waals surface area contributed by atoms with Crippen molar-refractivity contribution >= 4 is 17.4 Å². The number of methoxy groups -OCH3 is 3. The number of amides is 1. The summed E-state index contributed by atoms with van der Waals surface area (Å²) in [6.45, 7) is 0.763. The predicted octanol–water partition coefficient (Wildman–Crippen LogP) is 3.16. The molecule has 1 heterocycles. The Morgan fingerprint density at radius 2 is 1.67 bits per heavy atom. The zero-order chi connectivity index (χ0) is 21.7. The van der Waals surface area contributed by atoms with E-state index in [1.54, 1.807) is 62.8 Å². The third kappa shape index (κ3) is 4.16. The van der Waals surface area contributed by atoms with Crippen LogP contribution in [0.3, 0.4) is 0 Å². The summed E-state index contributed by atoms with van der Waals surface area (Å²) in [5.41, 5.74) is 1.12. The van der Waals surface area contributed by atoms with Crippen molar-refractivity contribution in [3.05, 3.63) is 65.2 Å². The number of likely N-dealkylation sites (tertiary alicyclic amines) is 1. The number of Topliss-reactive ketones (excluding diaryl/α,β-unsaturated/α-hetero) is 1. The quantitative estimate of drug-likeness (QED) is 0.311. The highest BCUT2D eigenvalue weighted by Crippen LogP contribution is 2.40. The molecule has 1 atom stereocenters. The molecular weight excluding hydrogens is 386 g/mol. The molecule has 1 amide bonds. The van der Waals surface area contributed by atoms with E-state index in [0.717, 1.165) is 0 Å². The molecule has 30 heavy (non-hydrogen) atoms. The highest BCUT2D eigenvalue weighted by atomic mass is 16.5. The van der Waals surface area contributed by atoms with Gasteiger partial charge in [0.1, 0.15) is 17.3 Å². The fourth-order valence-electron chi connectivity index (χ4n) is 3.57. The molecule has 3 rings (SSSR count). The van der Waals surface area contributed by atoms with Gasteiger partial charge in [0.05, 0.1) is 25.8 Å². The number of ketones is 1. The van der Waals surface area contributed by atoms with Crippen molar-refractivity contribution in [3.8, 4) is 11.5 Å². The Hall–Kier alpha value is -3.32. The van der Waals surface area contributed by atoms with Gasteiger partial charge >= 0.3 is 0 Å². The molecule has 7 heteroatoms. The number of benzene rings is 2. The third-order valence-electron chi connectivity index (χ3n) is 5.04. The second-order valence-corrected chi connectivity index (χ2v) is 6.85. The van der Waals surface area contributed by atoms with E-state index < -0.39 is 17.7 Å². The van der Waals surface area contributed by atoms with Gasteiger partial charge in [0, 0.05) is 25.8 Å². The molecular formula is C23H25NO6. The minimum atomic E-state index is -0.733. The highest BCUT2D eigenvalue weighted by molar-refractivity contribution is 6.46. The summed E-state index contributed by atoms with van der Waals surface area (Å²) in [5, 5.41) is 11.0. The molecule has 0 radical (unpaired) electrons. The smallest absolute Gasteiger partial charge is 0.295 e. The van der Waals surface area contributed by atoms with Crippen molar-refractivity contribution in [2.45, 2.75) is 12.5 Å². The molecule has 2 aromatic rings. The van der Waals surface area contributed by atoms with Crippen LogP contribution in [0.1, 0.15) is 23.6 Å². The fraction of sp³-hybridized carbons (Fsp3) is 0.304. The van der Waals surface area contributed by atoms with Gasteiger partial charge in [-0.2, -0.15) is 0 Å². The van der Waals surface area contributed by atoms with Gasteiger partial charge in [-0.05, 0) is 36.2 Å². The van der Waals surface area contributed by atoms with Crippen LogP contribution >= 0.6 is 0 Å². The predicted molar refractivity (Wildman–Crippen MR) is 111 cm³/mol. The standard InChI is InChI=1S/C23H25NO6/c1-28-12-6-11-24-20(15-7-4-9-17(13-15)29-2)19(22(26)23(24)27)21(25)16-8-5-10-18(14-16)30-3/h4-5,7-10,13-14,20,25H,6,11-12H2,1-3H3/b21-19-. The maximum atomic E-state index is 13.0. The number of aliphatic hydroxyl groups is 1. The van der Waals surface area contributed by atoms with Gasteiger partial charge in [-0.15, -0.1) is 0 Å². The number of nitrogens with zero attached hydrogens (tertiary/aromatic N) is 1. The Balaban J connectivity index is 2.14.